The molecule has 1 aliphatic heterocycles. The summed E-state index contributed by atoms with van der Waals surface area (Å²) in [7, 11) is 0. The molecule has 1 rings (SSSR count). The Balaban J connectivity index is 2.32. The van der Waals surface area contributed by atoms with Gasteiger partial charge in [0.15, 0.2) is 6.29 Å². The van der Waals surface area contributed by atoms with Gasteiger partial charge < -0.3 is 40.3 Å². The van der Waals surface area contributed by atoms with E-state index in [2.05, 4.69) is 55.6 Å². The molecule has 1 fully saturated rings. The molecule has 0 spiro atoms. The van der Waals surface area contributed by atoms with Crippen LogP contribution < -0.4 is 5.32 Å². The van der Waals surface area contributed by atoms with Gasteiger partial charge in [0.1, 0.15) is 24.4 Å². The molecule has 0 radical (unpaired) electrons. The molecule has 9 nitrogen and oxygen atoms in total. The van der Waals surface area contributed by atoms with Crippen molar-refractivity contribution in [2.45, 2.75) is 262 Å². The molecule has 356 valence electrons. The van der Waals surface area contributed by atoms with Crippen LogP contribution >= 0.6 is 0 Å². The van der Waals surface area contributed by atoms with E-state index in [1.807, 2.05) is 6.08 Å². The van der Waals surface area contributed by atoms with E-state index in [4.69, 9.17) is 9.47 Å². The van der Waals surface area contributed by atoms with Gasteiger partial charge in [-0.1, -0.05) is 191 Å². The fourth-order valence-corrected chi connectivity index (χ4v) is 7.77. The lowest BCUT2D eigenvalue weighted by molar-refractivity contribution is -0.302. The molecule has 1 aliphatic rings. The van der Waals surface area contributed by atoms with Crippen molar-refractivity contribution in [1.29, 1.82) is 0 Å². The largest absolute Gasteiger partial charge is 0.394 e. The Morgan fingerprint density at radius 2 is 0.934 bits per heavy atom. The third-order valence-corrected chi connectivity index (χ3v) is 11.9. The van der Waals surface area contributed by atoms with E-state index < -0.39 is 49.5 Å². The molecule has 0 aromatic carbocycles. The van der Waals surface area contributed by atoms with Crippen molar-refractivity contribution in [3.8, 4) is 0 Å². The highest BCUT2D eigenvalue weighted by Gasteiger charge is 2.44. The third-order valence-electron chi connectivity index (χ3n) is 11.9. The van der Waals surface area contributed by atoms with Crippen molar-refractivity contribution in [2.24, 2.45) is 0 Å². The second-order valence-electron chi connectivity index (χ2n) is 17.6. The molecule has 1 heterocycles. The van der Waals surface area contributed by atoms with Crippen molar-refractivity contribution >= 4 is 5.91 Å². The number of allylic oxidation sites excluding steroid dienone is 7. The monoisotopic (exact) mass is 862 g/mol. The molecule has 61 heavy (non-hydrogen) atoms. The Hall–Kier alpha value is -1.85. The van der Waals surface area contributed by atoms with Gasteiger partial charge >= 0.3 is 0 Å². The van der Waals surface area contributed by atoms with E-state index in [1.165, 1.54) is 135 Å². The first-order chi connectivity index (χ1) is 29.8. The highest BCUT2D eigenvalue weighted by molar-refractivity contribution is 5.76. The van der Waals surface area contributed by atoms with Crippen LogP contribution in [-0.2, 0) is 14.3 Å². The first-order valence-electron chi connectivity index (χ1n) is 25.4. The maximum absolute atomic E-state index is 13.0. The number of unbranched alkanes of at least 4 members (excludes halogenated alkanes) is 26. The molecule has 1 saturated heterocycles. The van der Waals surface area contributed by atoms with Gasteiger partial charge in [0, 0.05) is 6.42 Å². The standard InChI is InChI=1S/C52H95NO8/c1-3-5-7-9-11-13-15-17-19-21-22-23-24-25-26-28-30-32-34-36-38-40-42-48(56)53-45(44-60-52-51(59)50(58)49(57)47(43-54)61-52)46(55)41-39-37-35-33-31-29-27-20-18-16-14-12-10-8-6-4-2/h18,20,24-25,31,33,39,41,45-47,49-52,54-55,57-59H,3-17,19,21-23,26-30,32,34-38,40,42-44H2,1-2H3,(H,53,56)/b20-18+,25-24-,33-31+,41-39+. The van der Waals surface area contributed by atoms with Gasteiger partial charge in [-0.25, -0.2) is 0 Å². The second-order valence-corrected chi connectivity index (χ2v) is 17.6. The summed E-state index contributed by atoms with van der Waals surface area (Å²) in [6, 6.07) is -0.830. The van der Waals surface area contributed by atoms with Crippen LogP contribution in [-0.4, -0.2) is 87.5 Å². The van der Waals surface area contributed by atoms with Crippen LogP contribution in [0.3, 0.4) is 0 Å². The average Bonchev–Trinajstić information content (AvgIpc) is 3.26. The maximum Gasteiger partial charge on any atom is 0.220 e. The van der Waals surface area contributed by atoms with E-state index >= 15 is 0 Å². The summed E-state index contributed by atoms with van der Waals surface area (Å²) < 4.78 is 11.2. The molecule has 0 bridgehead atoms. The van der Waals surface area contributed by atoms with Crippen LogP contribution in [0.1, 0.15) is 219 Å². The zero-order valence-corrected chi connectivity index (χ0v) is 39.2. The molecule has 9 heteroatoms. The fraction of sp³-hybridized carbons (Fsp3) is 0.827. The van der Waals surface area contributed by atoms with E-state index in [0.29, 0.717) is 6.42 Å². The van der Waals surface area contributed by atoms with E-state index in [9.17, 15) is 30.3 Å². The zero-order valence-electron chi connectivity index (χ0n) is 39.2. The Labute approximate surface area is 373 Å². The third kappa shape index (κ3) is 32.5. The molecule has 6 N–H and O–H groups in total. The summed E-state index contributed by atoms with van der Waals surface area (Å²) in [5.41, 5.74) is 0. The molecule has 0 saturated carbocycles. The SMILES string of the molecule is CCCCCCCC/C=C/CC/C=C/CC/C=C/C(O)C(COC1OC(CO)C(O)C(O)C1O)NC(=O)CCCCCCCCC/C=C\CCCCCCCCCCCCC. The van der Waals surface area contributed by atoms with Crippen molar-refractivity contribution in [3.63, 3.8) is 0 Å². The number of hydrogen-bond donors (Lipinski definition) is 6. The van der Waals surface area contributed by atoms with Crippen LogP contribution in [0.25, 0.3) is 0 Å². The van der Waals surface area contributed by atoms with Crippen LogP contribution in [0.4, 0.5) is 0 Å². The number of aliphatic hydroxyl groups is 5. The smallest absolute Gasteiger partial charge is 0.220 e. The molecule has 1 amide bonds. The van der Waals surface area contributed by atoms with Crippen molar-refractivity contribution < 1.29 is 39.8 Å². The molecule has 7 unspecified atom stereocenters. The molecule has 0 aliphatic carbocycles. The van der Waals surface area contributed by atoms with E-state index in [1.54, 1.807) is 6.08 Å². The lowest BCUT2D eigenvalue weighted by atomic mass is 9.99. The number of aliphatic hydroxyl groups excluding tert-OH is 5. The number of carbonyl (C=O) groups excluding carboxylic acids is 1. The van der Waals surface area contributed by atoms with E-state index in [-0.39, 0.29) is 12.5 Å². The highest BCUT2D eigenvalue weighted by atomic mass is 16.7. The molecular formula is C52H95NO8. The number of carbonyl (C=O) groups is 1. The Bertz CT molecular complexity index is 1090. The minimum absolute atomic E-state index is 0.196. The molecule has 7 atom stereocenters. The number of hydrogen-bond acceptors (Lipinski definition) is 8. The summed E-state index contributed by atoms with van der Waals surface area (Å²) in [6.45, 7) is 3.75. The summed E-state index contributed by atoms with van der Waals surface area (Å²) in [4.78, 5) is 13.0. The lowest BCUT2D eigenvalue weighted by Crippen LogP contribution is -2.60. The summed E-state index contributed by atoms with van der Waals surface area (Å²) in [6.07, 6.45) is 47.3. The van der Waals surface area contributed by atoms with Crippen LogP contribution in [0.5, 0.6) is 0 Å². The minimum atomic E-state index is -1.58. The average molecular weight is 862 g/mol. The van der Waals surface area contributed by atoms with Gasteiger partial charge in [-0.2, -0.15) is 0 Å². The van der Waals surface area contributed by atoms with Crippen LogP contribution in [0.2, 0.25) is 0 Å². The quantitative estimate of drug-likeness (QED) is 0.0262. The maximum atomic E-state index is 13.0. The lowest BCUT2D eigenvalue weighted by Gasteiger charge is -2.40. The Morgan fingerprint density at radius 3 is 1.38 bits per heavy atom. The van der Waals surface area contributed by atoms with E-state index in [0.717, 1.165) is 64.2 Å². The topological polar surface area (TPSA) is 149 Å². The summed E-state index contributed by atoms with van der Waals surface area (Å²) in [5.74, 6) is -0.196. The van der Waals surface area contributed by atoms with Gasteiger partial charge in [-0.15, -0.1) is 0 Å². The van der Waals surface area contributed by atoms with Crippen molar-refractivity contribution in [2.75, 3.05) is 13.2 Å². The highest BCUT2D eigenvalue weighted by Crippen LogP contribution is 2.22. The number of nitrogens with one attached hydrogen (secondary N) is 1. The summed E-state index contributed by atoms with van der Waals surface area (Å²) in [5, 5.41) is 54.3. The van der Waals surface area contributed by atoms with Crippen LogP contribution in [0.15, 0.2) is 48.6 Å². The number of ether oxygens (including phenoxy) is 2. The van der Waals surface area contributed by atoms with Gasteiger partial charge in [-0.05, 0) is 70.6 Å². The normalized spacial score (nSPS) is 20.8. The molecular weight excluding hydrogens is 767 g/mol. The first-order valence-corrected chi connectivity index (χ1v) is 25.4. The fourth-order valence-electron chi connectivity index (χ4n) is 7.77. The minimum Gasteiger partial charge on any atom is -0.394 e. The predicted molar refractivity (Wildman–Crippen MR) is 253 cm³/mol. The Kier molecular flexibility index (Phi) is 39.5. The Morgan fingerprint density at radius 1 is 0.541 bits per heavy atom. The van der Waals surface area contributed by atoms with Gasteiger partial charge in [-0.3, -0.25) is 4.79 Å². The zero-order chi connectivity index (χ0) is 44.4. The van der Waals surface area contributed by atoms with Gasteiger partial charge in [0.25, 0.3) is 0 Å². The first kappa shape index (κ1) is 57.2. The van der Waals surface area contributed by atoms with Gasteiger partial charge in [0.05, 0.1) is 25.4 Å². The van der Waals surface area contributed by atoms with Crippen LogP contribution in [0, 0.1) is 0 Å². The van der Waals surface area contributed by atoms with Crippen molar-refractivity contribution in [3.05, 3.63) is 48.6 Å². The molecule has 0 aromatic rings. The number of rotatable bonds is 42. The van der Waals surface area contributed by atoms with Crippen molar-refractivity contribution in [1.82, 2.24) is 5.32 Å². The summed E-state index contributed by atoms with van der Waals surface area (Å²) >= 11 is 0. The second kappa shape index (κ2) is 42.1. The van der Waals surface area contributed by atoms with Gasteiger partial charge in [0.2, 0.25) is 5.91 Å². The number of amides is 1. The predicted octanol–water partition coefficient (Wildman–Crippen LogP) is 11.4. The molecule has 0 aromatic heterocycles.